The first-order chi connectivity index (χ1) is 24.4. The van der Waals surface area contributed by atoms with Gasteiger partial charge in [0, 0.05) is 25.4 Å². The van der Waals surface area contributed by atoms with E-state index in [0.717, 1.165) is 40.3 Å². The predicted octanol–water partition coefficient (Wildman–Crippen LogP) is 3.04. The quantitative estimate of drug-likeness (QED) is 0.105. The van der Waals surface area contributed by atoms with Crippen molar-refractivity contribution >= 4 is 38.4 Å². The second-order valence-electron chi connectivity index (χ2n) is 13.0. The number of hydrogen-bond acceptors (Lipinski definition) is 8. The Morgan fingerprint density at radius 3 is 2.43 bits per heavy atom. The molecule has 4 rings (SSSR count). The third-order valence-electron chi connectivity index (χ3n) is 9.00. The molecule has 0 saturated heterocycles. The van der Waals surface area contributed by atoms with Gasteiger partial charge in [0.05, 0.1) is 37.5 Å². The van der Waals surface area contributed by atoms with E-state index in [2.05, 4.69) is 28.6 Å². The molecule has 3 aromatic carbocycles. The molecule has 3 N–H and O–H groups in total. The molecule has 0 bridgehead atoms. The molecule has 51 heavy (non-hydrogen) atoms. The zero-order chi connectivity index (χ0) is 37.0. The number of hydrogen-bond donors (Lipinski definition) is 3. The van der Waals surface area contributed by atoms with Crippen molar-refractivity contribution in [3.05, 3.63) is 102 Å². The van der Waals surface area contributed by atoms with Crippen LogP contribution in [0.5, 0.6) is 0 Å². The molecule has 270 valence electrons. The first-order valence-corrected chi connectivity index (χ1v) is 19.0. The van der Waals surface area contributed by atoms with Gasteiger partial charge in [0.25, 0.3) is 0 Å². The molecule has 0 aliphatic rings. The Morgan fingerprint density at radius 2 is 1.75 bits per heavy atom. The first-order valence-electron chi connectivity index (χ1n) is 17.0. The van der Waals surface area contributed by atoms with E-state index in [1.807, 2.05) is 71.0 Å². The topological polar surface area (TPSA) is 165 Å². The van der Waals surface area contributed by atoms with E-state index in [1.54, 1.807) is 24.7 Å². The Hall–Kier alpha value is -5.06. The maximum atomic E-state index is 13.6. The van der Waals surface area contributed by atoms with Crippen molar-refractivity contribution in [2.45, 2.75) is 58.3 Å². The van der Waals surface area contributed by atoms with Crippen molar-refractivity contribution in [3.63, 3.8) is 0 Å². The van der Waals surface area contributed by atoms with Gasteiger partial charge >= 0.3 is 5.97 Å². The van der Waals surface area contributed by atoms with E-state index in [-0.39, 0.29) is 43.0 Å². The van der Waals surface area contributed by atoms with Crippen LogP contribution in [-0.2, 0) is 48.5 Å². The molecule has 0 aliphatic carbocycles. The molecule has 0 saturated carbocycles. The molecule has 4 aromatic rings. The molecule has 0 fully saturated rings. The summed E-state index contributed by atoms with van der Waals surface area (Å²) in [5, 5.41) is 17.1. The maximum absolute atomic E-state index is 13.6. The van der Waals surface area contributed by atoms with Crippen LogP contribution >= 0.6 is 0 Å². The monoisotopic (exact) mass is 715 g/mol. The molecule has 1 aromatic heterocycles. The van der Waals surface area contributed by atoms with Crippen molar-refractivity contribution in [2.75, 3.05) is 32.2 Å². The largest absolute Gasteiger partial charge is 0.467 e. The van der Waals surface area contributed by atoms with Gasteiger partial charge in [-0.3, -0.25) is 14.5 Å². The number of aromatic amines is 1. The molecule has 0 spiro atoms. The van der Waals surface area contributed by atoms with Gasteiger partial charge in [0.2, 0.25) is 18.1 Å². The van der Waals surface area contributed by atoms with Crippen molar-refractivity contribution in [2.24, 2.45) is 5.92 Å². The summed E-state index contributed by atoms with van der Waals surface area (Å²) in [6.45, 7) is 5.24. The van der Waals surface area contributed by atoms with Crippen LogP contribution in [0.4, 0.5) is 0 Å². The Labute approximate surface area is 299 Å². The second kappa shape index (κ2) is 18.3. The Kier molecular flexibility index (Phi) is 13.9. The lowest BCUT2D eigenvalue weighted by Gasteiger charge is -2.31. The number of H-pyrrole nitrogens is 1. The van der Waals surface area contributed by atoms with Crippen LogP contribution in [0.1, 0.15) is 49.1 Å². The molecule has 0 radical (unpaired) electrons. The van der Waals surface area contributed by atoms with Crippen LogP contribution in [0.3, 0.4) is 0 Å². The zero-order valence-electron chi connectivity index (χ0n) is 29.6. The minimum Gasteiger partial charge on any atom is -0.467 e. The number of nitrogens with one attached hydrogen (secondary N) is 3. The summed E-state index contributed by atoms with van der Waals surface area (Å²) >= 11 is 0. The van der Waals surface area contributed by atoms with E-state index in [9.17, 15) is 22.8 Å². The highest BCUT2D eigenvalue weighted by Crippen LogP contribution is 2.21. The number of carbonyl (C=O) groups excluding carboxylic acids is 3. The van der Waals surface area contributed by atoms with E-state index in [0.29, 0.717) is 25.2 Å². The number of methoxy groups -OCH3 is 1. The van der Waals surface area contributed by atoms with Gasteiger partial charge in [-0.05, 0) is 46.4 Å². The van der Waals surface area contributed by atoms with Gasteiger partial charge in [0.15, 0.2) is 5.69 Å². The molecule has 1 unspecified atom stereocenters. The van der Waals surface area contributed by atoms with E-state index < -0.39 is 27.8 Å². The Morgan fingerprint density at radius 1 is 1.02 bits per heavy atom. The van der Waals surface area contributed by atoms with Crippen molar-refractivity contribution in [1.29, 1.82) is 5.26 Å². The third-order valence-corrected chi connectivity index (χ3v) is 9.98. The van der Waals surface area contributed by atoms with Crippen LogP contribution in [-0.4, -0.2) is 80.4 Å². The lowest BCUT2D eigenvalue weighted by atomic mass is 9.97. The highest BCUT2D eigenvalue weighted by Gasteiger charge is 2.27. The highest BCUT2D eigenvalue weighted by atomic mass is 32.2. The molecule has 2 amide bonds. The molecule has 1 heterocycles. The van der Waals surface area contributed by atoms with E-state index in [4.69, 9.17) is 10.00 Å². The summed E-state index contributed by atoms with van der Waals surface area (Å²) in [4.78, 5) is 44.6. The van der Waals surface area contributed by atoms with Crippen LogP contribution < -0.4 is 15.2 Å². The SMILES string of the molecule is CCC(C)[C@@H](CN(CC(=O)N[C@@H](CCS(C)(=O)=O)C(=O)OC)Cc1cccc2ccccc12)NC(=O)Cc1c[nH]c[n+]1Cc1ccc(C#N)cc1. The Bertz CT molecular complexity index is 1950. The lowest BCUT2D eigenvalue weighted by molar-refractivity contribution is -0.693. The summed E-state index contributed by atoms with van der Waals surface area (Å²) in [7, 11) is -2.19. The fraction of sp³-hybridized carbons (Fsp3) is 0.395. The lowest BCUT2D eigenvalue weighted by Crippen LogP contribution is -2.51. The molecule has 0 aliphatic heterocycles. The average molecular weight is 716 g/mol. The minimum absolute atomic E-state index is 0.0570. The second-order valence-corrected chi connectivity index (χ2v) is 15.2. The summed E-state index contributed by atoms with van der Waals surface area (Å²) in [5.74, 6) is -1.59. The smallest absolute Gasteiger partial charge is 0.328 e. The van der Waals surface area contributed by atoms with Gasteiger partial charge in [-0.2, -0.15) is 5.26 Å². The number of amides is 2. The fourth-order valence-electron chi connectivity index (χ4n) is 5.95. The molecule has 12 nitrogen and oxygen atoms in total. The van der Waals surface area contributed by atoms with Gasteiger partial charge in [-0.25, -0.2) is 22.8 Å². The number of benzene rings is 3. The van der Waals surface area contributed by atoms with Crippen LogP contribution in [0.25, 0.3) is 10.8 Å². The fourth-order valence-corrected chi connectivity index (χ4v) is 6.61. The van der Waals surface area contributed by atoms with Gasteiger partial charge < -0.3 is 15.4 Å². The summed E-state index contributed by atoms with van der Waals surface area (Å²) in [6.07, 6.45) is 5.45. The number of ether oxygens (including phenoxy) is 1. The summed E-state index contributed by atoms with van der Waals surface area (Å²) < 4.78 is 30.5. The van der Waals surface area contributed by atoms with E-state index >= 15 is 0 Å². The number of aromatic nitrogens is 2. The standard InChI is InChI=1S/C38H46N6O6S/c1-5-27(2)35(42-36(45)19-32-21-40-26-44(32)22-29-15-13-28(20-39)14-16-29)24-43(23-31-11-8-10-30-9-6-7-12-33(30)31)25-37(46)41-34(38(47)50-3)17-18-51(4,48)49/h6-16,21,26-27,34-35H,5,17-19,22-25H2,1-4H3,(H2,41,42,45,46)/p+1/t27?,34-,35+/m0/s1. The Balaban J connectivity index is 1.53. The van der Waals surface area contributed by atoms with Gasteiger partial charge in [0.1, 0.15) is 28.6 Å². The van der Waals surface area contributed by atoms with Crippen LogP contribution in [0, 0.1) is 17.2 Å². The molecular formula is C38H47N6O6S+. The van der Waals surface area contributed by atoms with Crippen molar-refractivity contribution < 1.29 is 32.1 Å². The minimum atomic E-state index is -3.39. The third kappa shape index (κ3) is 11.8. The molecular weight excluding hydrogens is 669 g/mol. The summed E-state index contributed by atoms with van der Waals surface area (Å²) in [5.41, 5.74) is 3.35. The van der Waals surface area contributed by atoms with Crippen LogP contribution in [0.15, 0.2) is 79.3 Å². The van der Waals surface area contributed by atoms with Gasteiger partial charge in [-0.15, -0.1) is 0 Å². The maximum Gasteiger partial charge on any atom is 0.328 e. The number of fused-ring (bicyclic) bond motifs is 1. The highest BCUT2D eigenvalue weighted by molar-refractivity contribution is 7.90. The average Bonchev–Trinajstić information content (AvgIpc) is 3.54. The predicted molar refractivity (Wildman–Crippen MR) is 194 cm³/mol. The number of sulfone groups is 1. The molecule has 3 atom stereocenters. The normalized spacial score (nSPS) is 13.3. The molecule has 13 heteroatoms. The van der Waals surface area contributed by atoms with Crippen molar-refractivity contribution in [3.8, 4) is 6.07 Å². The van der Waals surface area contributed by atoms with Crippen LogP contribution in [0.2, 0.25) is 0 Å². The number of nitrogens with zero attached hydrogens (tertiary/aromatic N) is 3. The number of esters is 1. The number of rotatable bonds is 18. The van der Waals surface area contributed by atoms with Crippen molar-refractivity contribution in [1.82, 2.24) is 20.5 Å². The number of nitriles is 1. The first kappa shape index (κ1) is 38.7. The zero-order valence-corrected chi connectivity index (χ0v) is 30.4. The number of carbonyl (C=O) groups is 3. The van der Waals surface area contributed by atoms with E-state index in [1.165, 1.54) is 7.11 Å². The summed E-state index contributed by atoms with van der Waals surface area (Å²) in [6, 6.07) is 22.0. The van der Waals surface area contributed by atoms with Gasteiger partial charge in [-0.1, -0.05) is 74.9 Å². The number of imidazole rings is 1.